The van der Waals surface area contributed by atoms with Gasteiger partial charge in [0.1, 0.15) is 12.2 Å². The maximum absolute atomic E-state index is 11.5. The molecule has 90 valence electrons. The van der Waals surface area contributed by atoms with Crippen LogP contribution in [0, 0.1) is 0 Å². The molecular formula is C12H18O4. The van der Waals surface area contributed by atoms with E-state index in [0.29, 0.717) is 0 Å². The smallest absolute Gasteiger partial charge is 0.309 e. The number of aliphatic hydroxyl groups excluding tert-OH is 1. The minimum absolute atomic E-state index is 0.0358. The molecule has 4 heteroatoms. The Hall–Kier alpha value is -0.870. The van der Waals surface area contributed by atoms with Crippen LogP contribution in [0.15, 0.2) is 12.2 Å². The Morgan fingerprint density at radius 1 is 1.50 bits per heavy atom. The number of epoxide rings is 1. The first-order valence-corrected chi connectivity index (χ1v) is 5.90. The van der Waals surface area contributed by atoms with E-state index in [1.54, 1.807) is 6.08 Å². The number of rotatable bonds is 2. The first-order chi connectivity index (χ1) is 7.69. The van der Waals surface area contributed by atoms with Gasteiger partial charge in [-0.2, -0.15) is 0 Å². The van der Waals surface area contributed by atoms with Crippen molar-refractivity contribution in [2.75, 3.05) is 0 Å². The lowest BCUT2D eigenvalue weighted by Gasteiger charge is -2.17. The van der Waals surface area contributed by atoms with Crippen LogP contribution in [-0.4, -0.2) is 35.5 Å². The summed E-state index contributed by atoms with van der Waals surface area (Å²) in [7, 11) is 0. The van der Waals surface area contributed by atoms with Crippen LogP contribution in [0.25, 0.3) is 0 Å². The summed E-state index contributed by atoms with van der Waals surface area (Å²) in [6, 6.07) is 0. The molecule has 2 heterocycles. The fourth-order valence-corrected chi connectivity index (χ4v) is 2.03. The van der Waals surface area contributed by atoms with Crippen molar-refractivity contribution in [2.24, 2.45) is 0 Å². The fraction of sp³-hybridized carbons (Fsp3) is 0.750. The van der Waals surface area contributed by atoms with Crippen LogP contribution in [0.1, 0.15) is 32.6 Å². The lowest BCUT2D eigenvalue weighted by molar-refractivity contribution is -0.151. The summed E-state index contributed by atoms with van der Waals surface area (Å²) >= 11 is 0. The van der Waals surface area contributed by atoms with Gasteiger partial charge in [0.25, 0.3) is 0 Å². The molecule has 4 nitrogen and oxygen atoms in total. The zero-order valence-corrected chi connectivity index (χ0v) is 9.46. The van der Waals surface area contributed by atoms with E-state index in [4.69, 9.17) is 9.47 Å². The molecule has 16 heavy (non-hydrogen) atoms. The molecule has 0 radical (unpaired) electrons. The second-order valence-electron chi connectivity index (χ2n) is 4.43. The summed E-state index contributed by atoms with van der Waals surface area (Å²) in [6.45, 7) is 2.06. The molecule has 1 fully saturated rings. The Kier molecular flexibility index (Phi) is 3.61. The maximum atomic E-state index is 11.5. The number of aliphatic hydroxyl groups is 1. The van der Waals surface area contributed by atoms with E-state index in [0.717, 1.165) is 19.3 Å². The van der Waals surface area contributed by atoms with Gasteiger partial charge >= 0.3 is 5.97 Å². The van der Waals surface area contributed by atoms with Crippen molar-refractivity contribution in [1.29, 1.82) is 0 Å². The molecular weight excluding hydrogens is 208 g/mol. The number of carbonyl (C=O) groups is 1. The van der Waals surface area contributed by atoms with Crippen molar-refractivity contribution in [1.82, 2.24) is 0 Å². The van der Waals surface area contributed by atoms with Crippen molar-refractivity contribution < 1.29 is 19.4 Å². The standard InChI is InChI=1S/C12H18O4/c1-2-3-9-7-11-10(16-11)5-4-8(13)6-12(14)15-9/h4-5,8-11,13H,2-3,6-7H2,1H3/b5-4+/t8-,9+,10-,11+/m1/s1. The Balaban J connectivity index is 1.99. The number of ether oxygens (including phenoxy) is 2. The second kappa shape index (κ2) is 4.97. The molecule has 1 N–H and O–H groups in total. The van der Waals surface area contributed by atoms with Crippen LogP contribution < -0.4 is 0 Å². The van der Waals surface area contributed by atoms with Gasteiger partial charge in [-0.1, -0.05) is 25.5 Å². The lowest BCUT2D eigenvalue weighted by atomic mass is 10.1. The molecule has 0 unspecified atom stereocenters. The molecule has 0 bridgehead atoms. The third kappa shape index (κ3) is 3.06. The van der Waals surface area contributed by atoms with Crippen molar-refractivity contribution >= 4 is 5.97 Å². The molecule has 4 atom stereocenters. The monoisotopic (exact) mass is 226 g/mol. The predicted octanol–water partition coefficient (Wildman–Crippen LogP) is 1.18. The van der Waals surface area contributed by atoms with Gasteiger partial charge in [0.2, 0.25) is 0 Å². The molecule has 1 saturated heterocycles. The number of cyclic esters (lactones) is 1. The molecule has 2 aliphatic rings. The summed E-state index contributed by atoms with van der Waals surface area (Å²) in [5.74, 6) is -0.324. The largest absolute Gasteiger partial charge is 0.462 e. The minimum atomic E-state index is -0.752. The second-order valence-corrected chi connectivity index (χ2v) is 4.43. The van der Waals surface area contributed by atoms with Gasteiger partial charge in [-0.15, -0.1) is 0 Å². The van der Waals surface area contributed by atoms with Crippen LogP contribution in [-0.2, 0) is 14.3 Å². The van der Waals surface area contributed by atoms with Gasteiger partial charge in [-0.3, -0.25) is 4.79 Å². The zero-order chi connectivity index (χ0) is 11.5. The minimum Gasteiger partial charge on any atom is -0.462 e. The van der Waals surface area contributed by atoms with Crippen molar-refractivity contribution in [3.05, 3.63) is 12.2 Å². The van der Waals surface area contributed by atoms with Crippen LogP contribution in [0.5, 0.6) is 0 Å². The Morgan fingerprint density at radius 3 is 3.06 bits per heavy atom. The van der Waals surface area contributed by atoms with Gasteiger partial charge in [-0.05, 0) is 6.42 Å². The SMILES string of the molecule is CCC[C@H]1C[C@@H]2O[C@@H]2/C=C/[C@@H](O)CC(=O)O1. The summed E-state index contributed by atoms with van der Waals surface area (Å²) < 4.78 is 10.7. The van der Waals surface area contributed by atoms with Crippen LogP contribution >= 0.6 is 0 Å². The van der Waals surface area contributed by atoms with Crippen molar-refractivity contribution in [3.8, 4) is 0 Å². The molecule has 0 amide bonds. The molecule has 0 spiro atoms. The van der Waals surface area contributed by atoms with E-state index >= 15 is 0 Å². The number of carbonyl (C=O) groups excluding carboxylic acids is 1. The quantitative estimate of drug-likeness (QED) is 0.436. The Labute approximate surface area is 95.2 Å². The summed E-state index contributed by atoms with van der Waals surface area (Å²) in [5, 5.41) is 9.51. The first kappa shape index (κ1) is 11.6. The number of fused-ring (bicyclic) bond motifs is 1. The molecule has 2 aliphatic heterocycles. The van der Waals surface area contributed by atoms with Gasteiger partial charge in [0, 0.05) is 6.42 Å². The molecule has 0 aromatic heterocycles. The van der Waals surface area contributed by atoms with Gasteiger partial charge in [0.15, 0.2) is 0 Å². The number of esters is 1. The summed E-state index contributed by atoms with van der Waals surface area (Å²) in [4.78, 5) is 11.5. The van der Waals surface area contributed by atoms with Crippen molar-refractivity contribution in [2.45, 2.75) is 57.0 Å². The normalized spacial score (nSPS) is 40.8. The van der Waals surface area contributed by atoms with E-state index in [-0.39, 0.29) is 30.7 Å². The molecule has 0 aromatic rings. The summed E-state index contributed by atoms with van der Waals surface area (Å²) in [6.07, 6.45) is 5.55. The van der Waals surface area contributed by atoms with Crippen LogP contribution in [0.2, 0.25) is 0 Å². The van der Waals surface area contributed by atoms with Gasteiger partial charge < -0.3 is 14.6 Å². The van der Waals surface area contributed by atoms with E-state index in [1.165, 1.54) is 0 Å². The van der Waals surface area contributed by atoms with Gasteiger partial charge in [-0.25, -0.2) is 0 Å². The Bertz CT molecular complexity index is 287. The average Bonchev–Trinajstić information content (AvgIpc) is 2.93. The fourth-order valence-electron chi connectivity index (χ4n) is 2.03. The van der Waals surface area contributed by atoms with Crippen molar-refractivity contribution in [3.63, 3.8) is 0 Å². The zero-order valence-electron chi connectivity index (χ0n) is 9.46. The highest BCUT2D eigenvalue weighted by molar-refractivity contribution is 5.70. The van der Waals surface area contributed by atoms with E-state index in [1.807, 2.05) is 6.08 Å². The first-order valence-electron chi connectivity index (χ1n) is 5.90. The molecule has 0 saturated carbocycles. The average molecular weight is 226 g/mol. The lowest BCUT2D eigenvalue weighted by Crippen LogP contribution is -2.24. The topological polar surface area (TPSA) is 59.1 Å². The Morgan fingerprint density at radius 2 is 2.31 bits per heavy atom. The van der Waals surface area contributed by atoms with Gasteiger partial charge in [0.05, 0.1) is 18.6 Å². The third-order valence-corrected chi connectivity index (χ3v) is 2.92. The highest BCUT2D eigenvalue weighted by Gasteiger charge is 2.39. The third-order valence-electron chi connectivity index (χ3n) is 2.92. The van der Waals surface area contributed by atoms with E-state index < -0.39 is 6.10 Å². The highest BCUT2D eigenvalue weighted by atomic mass is 16.6. The van der Waals surface area contributed by atoms with E-state index in [9.17, 15) is 9.90 Å². The van der Waals surface area contributed by atoms with E-state index in [2.05, 4.69) is 6.92 Å². The summed E-state index contributed by atoms with van der Waals surface area (Å²) in [5.41, 5.74) is 0. The maximum Gasteiger partial charge on any atom is 0.309 e. The van der Waals surface area contributed by atoms with Crippen LogP contribution in [0.3, 0.4) is 0 Å². The molecule has 0 aromatic carbocycles. The highest BCUT2D eigenvalue weighted by Crippen LogP contribution is 2.30. The number of hydrogen-bond acceptors (Lipinski definition) is 4. The molecule has 2 rings (SSSR count). The molecule has 0 aliphatic carbocycles. The predicted molar refractivity (Wildman–Crippen MR) is 57.8 cm³/mol. The van der Waals surface area contributed by atoms with Crippen LogP contribution in [0.4, 0.5) is 0 Å². The number of hydrogen-bond donors (Lipinski definition) is 1.